The Morgan fingerprint density at radius 1 is 1.12 bits per heavy atom. The van der Waals surface area contributed by atoms with Gasteiger partial charge in [-0.05, 0) is 43.0 Å². The fourth-order valence-corrected chi connectivity index (χ4v) is 3.28. The van der Waals surface area contributed by atoms with Gasteiger partial charge in [-0.25, -0.2) is 9.37 Å². The number of hydrogen-bond donors (Lipinski definition) is 2. The number of alkyl halides is 3. The number of benzene rings is 1. The van der Waals surface area contributed by atoms with Crippen molar-refractivity contribution in [2.24, 2.45) is 5.73 Å². The summed E-state index contributed by atoms with van der Waals surface area (Å²) in [5, 5.41) is -0.0101. The number of carbonyl (C=O) groups excluding carboxylic acids is 1. The van der Waals surface area contributed by atoms with E-state index in [-0.39, 0.29) is 34.2 Å². The van der Waals surface area contributed by atoms with Crippen LogP contribution in [0.1, 0.15) is 30.4 Å². The molecule has 3 N–H and O–H groups in total. The number of amides is 1. The Balaban J connectivity index is 1.96. The molecule has 0 unspecified atom stereocenters. The normalized spacial score (nSPS) is 11.5. The van der Waals surface area contributed by atoms with E-state index in [0.717, 1.165) is 18.2 Å². The molecule has 1 aromatic carbocycles. The molecule has 11 heteroatoms. The van der Waals surface area contributed by atoms with Gasteiger partial charge in [0, 0.05) is 18.7 Å². The summed E-state index contributed by atoms with van der Waals surface area (Å²) >= 11 is 6.16. The standard InChI is InChI=1S/C21H17ClF4N4O2/c22-13-7-5-11(3-1-2-4-16(27)31)19(23)18(13)20-29-15(9-17(32)30-20)14-8-6-12(10-28-14)21(24,25)26/h5-10H,1-4H2,(H2,27,31)(H,29,30,32). The zero-order valence-electron chi connectivity index (χ0n) is 16.5. The third kappa shape index (κ3) is 5.50. The van der Waals surface area contributed by atoms with Gasteiger partial charge in [0.1, 0.15) is 11.6 Å². The second kappa shape index (κ2) is 9.47. The molecular formula is C21H17ClF4N4O2. The first-order valence-electron chi connectivity index (χ1n) is 9.47. The number of nitrogens with one attached hydrogen (secondary N) is 1. The van der Waals surface area contributed by atoms with E-state index in [2.05, 4.69) is 15.0 Å². The van der Waals surface area contributed by atoms with Gasteiger partial charge in [-0.2, -0.15) is 13.2 Å². The number of pyridine rings is 1. The molecular weight excluding hydrogens is 452 g/mol. The number of aryl methyl sites for hydroxylation is 1. The number of hydrogen-bond acceptors (Lipinski definition) is 4. The van der Waals surface area contributed by atoms with Crippen LogP contribution < -0.4 is 11.3 Å². The molecule has 3 aromatic rings. The largest absolute Gasteiger partial charge is 0.417 e. The van der Waals surface area contributed by atoms with Gasteiger partial charge in [0.15, 0.2) is 0 Å². The highest BCUT2D eigenvalue weighted by atomic mass is 35.5. The number of carbonyl (C=O) groups is 1. The quantitative estimate of drug-likeness (QED) is 0.393. The van der Waals surface area contributed by atoms with Crippen molar-refractivity contribution in [3.05, 3.63) is 68.8 Å². The minimum Gasteiger partial charge on any atom is -0.370 e. The lowest BCUT2D eigenvalue weighted by Crippen LogP contribution is -2.11. The lowest BCUT2D eigenvalue weighted by Gasteiger charge is -2.11. The van der Waals surface area contributed by atoms with Crippen LogP contribution in [-0.4, -0.2) is 20.9 Å². The average molecular weight is 469 g/mol. The van der Waals surface area contributed by atoms with Crippen LogP contribution in [0.2, 0.25) is 5.02 Å². The Labute approximate surface area is 184 Å². The number of H-pyrrole nitrogens is 1. The minimum atomic E-state index is -4.56. The first-order chi connectivity index (χ1) is 15.1. The molecule has 0 fully saturated rings. The van der Waals surface area contributed by atoms with Crippen molar-refractivity contribution in [1.82, 2.24) is 15.0 Å². The molecule has 168 valence electrons. The molecule has 2 heterocycles. The maximum atomic E-state index is 15.2. The monoisotopic (exact) mass is 468 g/mol. The second-order valence-electron chi connectivity index (χ2n) is 6.98. The molecule has 1 amide bonds. The van der Waals surface area contributed by atoms with Crippen molar-refractivity contribution in [2.45, 2.75) is 31.9 Å². The topological polar surface area (TPSA) is 102 Å². The summed E-state index contributed by atoms with van der Waals surface area (Å²) < 4.78 is 53.5. The Morgan fingerprint density at radius 2 is 1.88 bits per heavy atom. The van der Waals surface area contributed by atoms with E-state index < -0.39 is 29.0 Å². The molecule has 32 heavy (non-hydrogen) atoms. The van der Waals surface area contributed by atoms with Crippen LogP contribution >= 0.6 is 11.6 Å². The third-order valence-electron chi connectivity index (χ3n) is 4.62. The number of aromatic amines is 1. The predicted molar refractivity (Wildman–Crippen MR) is 110 cm³/mol. The Kier molecular flexibility index (Phi) is 6.93. The number of halogens is 5. The number of nitrogens with two attached hydrogens (primary N) is 1. The molecule has 0 saturated carbocycles. The lowest BCUT2D eigenvalue weighted by atomic mass is 10.0. The maximum Gasteiger partial charge on any atom is 0.417 e. The van der Waals surface area contributed by atoms with Crippen molar-refractivity contribution in [3.8, 4) is 22.8 Å². The summed E-state index contributed by atoms with van der Waals surface area (Å²) in [6.45, 7) is 0. The third-order valence-corrected chi connectivity index (χ3v) is 4.94. The molecule has 0 aliphatic rings. The van der Waals surface area contributed by atoms with E-state index in [9.17, 15) is 22.8 Å². The molecule has 0 saturated heterocycles. The molecule has 3 rings (SSSR count). The summed E-state index contributed by atoms with van der Waals surface area (Å²) in [5.41, 5.74) is 3.60. The van der Waals surface area contributed by atoms with Crippen LogP contribution in [0.15, 0.2) is 41.3 Å². The number of aromatic nitrogens is 3. The summed E-state index contributed by atoms with van der Waals surface area (Å²) in [7, 11) is 0. The van der Waals surface area contributed by atoms with Crippen LogP contribution in [0, 0.1) is 5.82 Å². The molecule has 0 spiro atoms. The fraction of sp³-hybridized carbons (Fsp3) is 0.238. The Bertz CT molecular complexity index is 1190. The van der Waals surface area contributed by atoms with Crippen LogP contribution in [0.4, 0.5) is 17.6 Å². The average Bonchev–Trinajstić information content (AvgIpc) is 2.71. The van der Waals surface area contributed by atoms with Crippen LogP contribution in [0.3, 0.4) is 0 Å². The molecule has 6 nitrogen and oxygen atoms in total. The molecule has 0 radical (unpaired) electrons. The van der Waals surface area contributed by atoms with Crippen molar-refractivity contribution in [2.75, 3.05) is 0 Å². The lowest BCUT2D eigenvalue weighted by molar-refractivity contribution is -0.137. The maximum absolute atomic E-state index is 15.2. The van der Waals surface area contributed by atoms with Crippen molar-refractivity contribution in [1.29, 1.82) is 0 Å². The Hall–Kier alpha value is -3.27. The number of unbranched alkanes of at least 4 members (excludes halogenated alkanes) is 1. The van der Waals surface area contributed by atoms with Crippen LogP contribution in [-0.2, 0) is 17.4 Å². The van der Waals surface area contributed by atoms with Gasteiger partial charge >= 0.3 is 6.18 Å². The van der Waals surface area contributed by atoms with E-state index >= 15 is 4.39 Å². The van der Waals surface area contributed by atoms with E-state index in [1.165, 1.54) is 12.1 Å². The highest BCUT2D eigenvalue weighted by Gasteiger charge is 2.30. The summed E-state index contributed by atoms with van der Waals surface area (Å²) in [6.07, 6.45) is -2.48. The molecule has 0 aliphatic carbocycles. The van der Waals surface area contributed by atoms with Crippen molar-refractivity contribution in [3.63, 3.8) is 0 Å². The number of primary amides is 1. The van der Waals surface area contributed by atoms with Gasteiger partial charge in [-0.15, -0.1) is 0 Å². The number of nitrogens with zero attached hydrogens (tertiary/aromatic N) is 2. The second-order valence-corrected chi connectivity index (χ2v) is 7.39. The van der Waals surface area contributed by atoms with E-state index in [4.69, 9.17) is 17.3 Å². The van der Waals surface area contributed by atoms with Gasteiger partial charge in [0.05, 0.1) is 27.5 Å². The minimum absolute atomic E-state index is 0.00415. The van der Waals surface area contributed by atoms with Crippen molar-refractivity contribution < 1.29 is 22.4 Å². The number of rotatable bonds is 7. The smallest absolute Gasteiger partial charge is 0.370 e. The van der Waals surface area contributed by atoms with Crippen molar-refractivity contribution >= 4 is 17.5 Å². The van der Waals surface area contributed by atoms with E-state index in [0.29, 0.717) is 31.0 Å². The highest BCUT2D eigenvalue weighted by Crippen LogP contribution is 2.32. The van der Waals surface area contributed by atoms with Crippen LogP contribution in [0.5, 0.6) is 0 Å². The molecule has 0 aliphatic heterocycles. The van der Waals surface area contributed by atoms with Gasteiger partial charge in [-0.1, -0.05) is 17.7 Å². The predicted octanol–water partition coefficient (Wildman–Crippen LogP) is 4.51. The van der Waals surface area contributed by atoms with Gasteiger partial charge in [-0.3, -0.25) is 14.6 Å². The first-order valence-corrected chi connectivity index (χ1v) is 9.84. The summed E-state index contributed by atoms with van der Waals surface area (Å²) in [4.78, 5) is 33.3. The van der Waals surface area contributed by atoms with Gasteiger partial charge in [0.25, 0.3) is 5.56 Å². The molecule has 0 atom stereocenters. The fourth-order valence-electron chi connectivity index (χ4n) is 3.04. The van der Waals surface area contributed by atoms with E-state index in [1.54, 1.807) is 0 Å². The zero-order valence-corrected chi connectivity index (χ0v) is 17.2. The highest BCUT2D eigenvalue weighted by molar-refractivity contribution is 6.33. The summed E-state index contributed by atoms with van der Waals surface area (Å²) in [5.74, 6) is -1.33. The SMILES string of the molecule is NC(=O)CCCCc1ccc(Cl)c(-c2nc(-c3ccc(C(F)(F)F)cn3)cc(=O)[nH]2)c1F. The Morgan fingerprint density at radius 3 is 2.50 bits per heavy atom. The van der Waals surface area contributed by atoms with E-state index in [1.807, 2.05) is 0 Å². The molecule has 0 bridgehead atoms. The molecule has 2 aromatic heterocycles. The van der Waals surface area contributed by atoms with Gasteiger partial charge < -0.3 is 10.7 Å². The summed E-state index contributed by atoms with van der Waals surface area (Å²) in [6, 6.07) is 5.86. The van der Waals surface area contributed by atoms with Crippen LogP contribution in [0.25, 0.3) is 22.8 Å². The van der Waals surface area contributed by atoms with Gasteiger partial charge in [0.2, 0.25) is 5.91 Å². The first kappa shape index (κ1) is 23.4. The zero-order chi connectivity index (χ0) is 23.5.